The third-order valence-corrected chi connectivity index (χ3v) is 2.48. The molecule has 1 aromatic rings. The van der Waals surface area contributed by atoms with Crippen LogP contribution >= 0.6 is 11.6 Å². The Balaban J connectivity index is 2.53. The van der Waals surface area contributed by atoms with Crippen LogP contribution in [0.5, 0.6) is 0 Å². The Hall–Kier alpha value is -1.42. The maximum absolute atomic E-state index is 10.5. The molecular formula is C9H7ClN2O2. The Kier molecular flexibility index (Phi) is 2.21. The number of benzene rings is 1. The van der Waals surface area contributed by atoms with Crippen molar-refractivity contribution in [2.75, 3.05) is 6.54 Å². The van der Waals surface area contributed by atoms with Crippen molar-refractivity contribution in [3.63, 3.8) is 0 Å². The summed E-state index contributed by atoms with van der Waals surface area (Å²) in [7, 11) is 0. The van der Waals surface area contributed by atoms with E-state index in [0.29, 0.717) is 17.3 Å². The van der Waals surface area contributed by atoms with E-state index < -0.39 is 4.92 Å². The molecule has 0 unspecified atom stereocenters. The van der Waals surface area contributed by atoms with Crippen LogP contribution in [0.2, 0.25) is 0 Å². The molecular weight excluding hydrogens is 204 g/mol. The molecule has 72 valence electrons. The van der Waals surface area contributed by atoms with Crippen molar-refractivity contribution < 1.29 is 4.92 Å². The molecule has 0 aliphatic carbocycles. The Labute approximate surface area is 85.4 Å². The highest BCUT2D eigenvalue weighted by molar-refractivity contribution is 6.69. The van der Waals surface area contributed by atoms with Gasteiger partial charge in [0.2, 0.25) is 0 Å². The van der Waals surface area contributed by atoms with E-state index in [9.17, 15) is 10.1 Å². The van der Waals surface area contributed by atoms with Gasteiger partial charge in [0.05, 0.1) is 4.92 Å². The van der Waals surface area contributed by atoms with E-state index in [0.717, 1.165) is 12.0 Å². The molecule has 1 heterocycles. The van der Waals surface area contributed by atoms with Crippen LogP contribution in [0.1, 0.15) is 11.1 Å². The van der Waals surface area contributed by atoms with Crippen molar-refractivity contribution >= 4 is 22.5 Å². The van der Waals surface area contributed by atoms with E-state index in [1.807, 2.05) is 0 Å². The summed E-state index contributed by atoms with van der Waals surface area (Å²) in [6.45, 7) is 0.656. The lowest BCUT2D eigenvalue weighted by Gasteiger charge is -2.11. The summed E-state index contributed by atoms with van der Waals surface area (Å²) >= 11 is 5.85. The predicted octanol–water partition coefficient (Wildman–Crippen LogP) is 2.14. The van der Waals surface area contributed by atoms with Crippen molar-refractivity contribution in [2.24, 2.45) is 4.99 Å². The summed E-state index contributed by atoms with van der Waals surface area (Å²) in [4.78, 5) is 14.1. The maximum atomic E-state index is 10.5. The van der Waals surface area contributed by atoms with Gasteiger partial charge in [-0.15, -0.1) is 0 Å². The summed E-state index contributed by atoms with van der Waals surface area (Å²) in [6, 6.07) is 4.71. The van der Waals surface area contributed by atoms with Gasteiger partial charge in [0.25, 0.3) is 5.69 Å². The number of fused-ring (bicyclic) bond motifs is 1. The quantitative estimate of drug-likeness (QED) is 0.527. The largest absolute Gasteiger partial charge is 0.272 e. The molecule has 0 spiro atoms. The highest BCUT2D eigenvalue weighted by Gasteiger charge is 2.16. The van der Waals surface area contributed by atoms with Crippen LogP contribution in [0.25, 0.3) is 0 Å². The number of hydrogen-bond acceptors (Lipinski definition) is 3. The first-order valence-electron chi connectivity index (χ1n) is 4.16. The Morgan fingerprint density at radius 1 is 1.50 bits per heavy atom. The number of nitro benzene ring substituents is 1. The molecule has 14 heavy (non-hydrogen) atoms. The van der Waals surface area contributed by atoms with Crippen molar-refractivity contribution in [2.45, 2.75) is 6.42 Å². The molecule has 0 saturated carbocycles. The summed E-state index contributed by atoms with van der Waals surface area (Å²) in [5.41, 5.74) is 1.77. The minimum atomic E-state index is -0.431. The Bertz CT molecular complexity index is 429. The molecule has 0 aromatic heterocycles. The zero-order chi connectivity index (χ0) is 10.1. The molecule has 4 nitrogen and oxygen atoms in total. The Morgan fingerprint density at radius 3 is 3.00 bits per heavy atom. The fourth-order valence-electron chi connectivity index (χ4n) is 1.45. The molecule has 0 radical (unpaired) electrons. The highest BCUT2D eigenvalue weighted by Crippen LogP contribution is 2.23. The minimum Gasteiger partial charge on any atom is -0.272 e. The van der Waals surface area contributed by atoms with Crippen molar-refractivity contribution in [3.8, 4) is 0 Å². The van der Waals surface area contributed by atoms with Gasteiger partial charge in [-0.25, -0.2) is 0 Å². The van der Waals surface area contributed by atoms with Gasteiger partial charge >= 0.3 is 0 Å². The molecule has 5 heteroatoms. The first kappa shape index (κ1) is 9.15. The van der Waals surface area contributed by atoms with Crippen LogP contribution in [-0.2, 0) is 6.42 Å². The van der Waals surface area contributed by atoms with Crippen LogP contribution in [0, 0.1) is 10.1 Å². The van der Waals surface area contributed by atoms with Gasteiger partial charge in [-0.3, -0.25) is 15.1 Å². The van der Waals surface area contributed by atoms with E-state index in [2.05, 4.69) is 4.99 Å². The summed E-state index contributed by atoms with van der Waals surface area (Å²) in [6.07, 6.45) is 0.795. The molecule has 0 N–H and O–H groups in total. The smallest absolute Gasteiger partial charge is 0.270 e. The lowest BCUT2D eigenvalue weighted by molar-refractivity contribution is -0.384. The number of non-ortho nitro benzene ring substituents is 1. The normalized spacial score (nSPS) is 14.5. The molecule has 0 saturated heterocycles. The summed E-state index contributed by atoms with van der Waals surface area (Å²) in [5, 5.41) is 10.9. The van der Waals surface area contributed by atoms with Crippen LogP contribution in [0.3, 0.4) is 0 Å². The summed E-state index contributed by atoms with van der Waals surface area (Å²) < 4.78 is 0. The molecule has 0 bridgehead atoms. The van der Waals surface area contributed by atoms with Crippen LogP contribution in [0.15, 0.2) is 23.2 Å². The average molecular weight is 211 g/mol. The number of nitrogens with zero attached hydrogens (tertiary/aromatic N) is 2. The topological polar surface area (TPSA) is 55.5 Å². The predicted molar refractivity (Wildman–Crippen MR) is 54.1 cm³/mol. The third kappa shape index (κ3) is 1.48. The van der Waals surface area contributed by atoms with Crippen molar-refractivity contribution in [1.82, 2.24) is 0 Å². The van der Waals surface area contributed by atoms with Gasteiger partial charge in [0.15, 0.2) is 0 Å². The number of hydrogen-bond donors (Lipinski definition) is 0. The van der Waals surface area contributed by atoms with E-state index in [1.54, 1.807) is 6.07 Å². The lowest BCUT2D eigenvalue weighted by Crippen LogP contribution is -2.08. The average Bonchev–Trinajstić information content (AvgIpc) is 2.18. The SMILES string of the molecule is O=[N+]([O-])c1ccc2c(c1)C(Cl)=NCC2. The first-order chi connectivity index (χ1) is 6.68. The van der Waals surface area contributed by atoms with Gasteiger partial charge in [-0.2, -0.15) is 0 Å². The Morgan fingerprint density at radius 2 is 2.29 bits per heavy atom. The molecule has 0 amide bonds. The molecule has 1 aliphatic heterocycles. The fourth-order valence-corrected chi connectivity index (χ4v) is 1.71. The molecule has 0 atom stereocenters. The third-order valence-electron chi connectivity index (χ3n) is 2.16. The second kappa shape index (κ2) is 3.38. The second-order valence-corrected chi connectivity index (χ2v) is 3.38. The standard InChI is InChI=1S/C9H7ClN2O2/c10-9-8-5-7(12(13)14)2-1-6(8)3-4-11-9/h1-2,5H,3-4H2. The van der Waals surface area contributed by atoms with Gasteiger partial charge in [-0.1, -0.05) is 17.7 Å². The number of aliphatic imine (C=N–C) groups is 1. The van der Waals surface area contributed by atoms with Gasteiger partial charge in [0.1, 0.15) is 5.17 Å². The van der Waals surface area contributed by atoms with Gasteiger partial charge in [0, 0.05) is 24.2 Å². The number of halogens is 1. The highest BCUT2D eigenvalue weighted by atomic mass is 35.5. The fraction of sp³-hybridized carbons (Fsp3) is 0.222. The monoisotopic (exact) mass is 210 g/mol. The lowest BCUT2D eigenvalue weighted by atomic mass is 10.0. The van der Waals surface area contributed by atoms with E-state index in [1.165, 1.54) is 12.1 Å². The van der Waals surface area contributed by atoms with E-state index >= 15 is 0 Å². The zero-order valence-electron chi connectivity index (χ0n) is 7.24. The maximum Gasteiger partial charge on any atom is 0.270 e. The second-order valence-electron chi connectivity index (χ2n) is 3.02. The van der Waals surface area contributed by atoms with Crippen LogP contribution < -0.4 is 0 Å². The van der Waals surface area contributed by atoms with Crippen LogP contribution in [-0.4, -0.2) is 16.6 Å². The molecule has 2 rings (SSSR count). The number of rotatable bonds is 1. The van der Waals surface area contributed by atoms with Crippen molar-refractivity contribution in [3.05, 3.63) is 39.4 Å². The van der Waals surface area contributed by atoms with Gasteiger partial charge in [-0.05, 0) is 12.0 Å². The zero-order valence-corrected chi connectivity index (χ0v) is 7.99. The van der Waals surface area contributed by atoms with Crippen LogP contribution in [0.4, 0.5) is 5.69 Å². The molecule has 0 fully saturated rings. The van der Waals surface area contributed by atoms with Crippen molar-refractivity contribution in [1.29, 1.82) is 0 Å². The van der Waals surface area contributed by atoms with E-state index in [4.69, 9.17) is 11.6 Å². The number of nitro groups is 1. The molecule has 1 aromatic carbocycles. The summed E-state index contributed by atoms with van der Waals surface area (Å²) in [5.74, 6) is 0. The first-order valence-corrected chi connectivity index (χ1v) is 4.54. The molecule has 1 aliphatic rings. The minimum absolute atomic E-state index is 0.0546. The van der Waals surface area contributed by atoms with Gasteiger partial charge < -0.3 is 0 Å². The van der Waals surface area contributed by atoms with E-state index in [-0.39, 0.29) is 5.69 Å².